The van der Waals surface area contributed by atoms with Gasteiger partial charge in [0.1, 0.15) is 0 Å². The molecule has 1 rings (SSSR count). The maximum absolute atomic E-state index is 12.4. The molecule has 0 aliphatic rings. The molecule has 8 heteroatoms. The van der Waals surface area contributed by atoms with Crippen molar-refractivity contribution < 1.29 is 25.6 Å². The van der Waals surface area contributed by atoms with Crippen molar-refractivity contribution in [3.8, 4) is 0 Å². The van der Waals surface area contributed by atoms with E-state index in [1.807, 2.05) is 0 Å². The van der Waals surface area contributed by atoms with Crippen molar-refractivity contribution in [2.45, 2.75) is 11.7 Å². The molecule has 0 aromatic heterocycles. The monoisotopic (exact) mass is 316 g/mol. The summed E-state index contributed by atoms with van der Waals surface area (Å²) >= 11 is 0. The van der Waals surface area contributed by atoms with Crippen LogP contribution >= 0.6 is 6.83 Å². The Morgan fingerprint density at radius 2 is 1.58 bits per heavy atom. The van der Waals surface area contributed by atoms with Gasteiger partial charge in [-0.3, -0.25) is 0 Å². The van der Waals surface area contributed by atoms with Crippen LogP contribution in [-0.2, 0) is 20.3 Å². The second-order valence-corrected chi connectivity index (χ2v) is 13.8. The molecule has 0 radical (unpaired) electrons. The van der Waals surface area contributed by atoms with Crippen molar-refractivity contribution in [1.29, 1.82) is 0 Å². The van der Waals surface area contributed by atoms with Gasteiger partial charge in [-0.15, -0.1) is 0 Å². The van der Waals surface area contributed by atoms with Gasteiger partial charge in [-0.05, 0) is 0 Å². The van der Waals surface area contributed by atoms with Gasteiger partial charge in [0.25, 0.3) is 0 Å². The van der Waals surface area contributed by atoms with Crippen LogP contribution < -0.4 is 0 Å². The predicted octanol–water partition coefficient (Wildman–Crippen LogP) is 3.41. The van der Waals surface area contributed by atoms with Crippen LogP contribution in [0.3, 0.4) is 0 Å². The van der Waals surface area contributed by atoms with Crippen molar-refractivity contribution in [1.82, 2.24) is 0 Å². The number of hydrogen-bond donors (Lipinski definition) is 0. The van der Waals surface area contributed by atoms with Crippen LogP contribution in [0.1, 0.15) is 5.56 Å². The van der Waals surface area contributed by atoms with Crippen LogP contribution in [0.2, 0.25) is 0 Å². The van der Waals surface area contributed by atoms with Crippen molar-refractivity contribution in [3.05, 3.63) is 35.9 Å². The van der Waals surface area contributed by atoms with E-state index in [1.54, 1.807) is 30.3 Å². The molecule has 0 aliphatic heterocycles. The molecule has 0 unspecified atom stereocenters. The normalized spacial score (nSPS) is 15.8. The molecule has 19 heavy (non-hydrogen) atoms. The van der Waals surface area contributed by atoms with Gasteiger partial charge in [-0.2, -0.15) is 0 Å². The summed E-state index contributed by atoms with van der Waals surface area (Å²) in [5, 5.41) is 0. The fraction of sp³-hybridized carbons (Fsp3) is 0.455. The number of benzene rings is 1. The summed E-state index contributed by atoms with van der Waals surface area (Å²) in [6.45, 7) is 0.865. The topological polar surface area (TPSA) is 43.4 Å². The minimum absolute atomic E-state index is 0.155. The first-order valence-electron chi connectivity index (χ1n) is 5.38. The van der Waals surface area contributed by atoms with E-state index in [9.17, 15) is 21.6 Å². The van der Waals surface area contributed by atoms with Crippen LogP contribution in [0, 0.1) is 0 Å². The molecule has 0 N–H and O–H groups in total. The number of halogens is 3. The van der Waals surface area contributed by atoms with Gasteiger partial charge in [-0.1, -0.05) is 0 Å². The molecule has 1 aromatic carbocycles. The summed E-state index contributed by atoms with van der Waals surface area (Å²) in [6.07, 6.45) is 0.155. The molecule has 0 atom stereocenters. The van der Waals surface area contributed by atoms with E-state index in [1.165, 1.54) is 20.0 Å². The average molecular weight is 316 g/mol. The molecule has 0 amide bonds. The van der Waals surface area contributed by atoms with Gasteiger partial charge in [0.05, 0.1) is 0 Å². The zero-order chi connectivity index (χ0) is 15.0. The zero-order valence-corrected chi connectivity index (χ0v) is 12.5. The molecule has 0 bridgehead atoms. The Balaban J connectivity index is 3.03. The third-order valence-electron chi connectivity index (χ3n) is 2.22. The van der Waals surface area contributed by atoms with Crippen molar-refractivity contribution in [3.63, 3.8) is 0 Å². The molecule has 0 saturated heterocycles. The maximum atomic E-state index is 12.4. The van der Waals surface area contributed by atoms with E-state index in [2.05, 4.69) is 3.97 Å². The van der Waals surface area contributed by atoms with E-state index in [0.717, 1.165) is 5.56 Å². The van der Waals surface area contributed by atoms with Crippen LogP contribution in [0.4, 0.5) is 13.2 Å². The fourth-order valence-corrected chi connectivity index (χ4v) is 6.55. The molecule has 3 nitrogen and oxygen atoms in total. The first-order chi connectivity index (χ1) is 8.30. The second-order valence-electron chi connectivity index (χ2n) is 5.59. The Labute approximate surface area is 110 Å². The summed E-state index contributed by atoms with van der Waals surface area (Å²) in [5.74, 6) is 0. The van der Waals surface area contributed by atoms with Gasteiger partial charge in [0.15, 0.2) is 0 Å². The molecular formula is C11H16F3O3PS. The molecule has 0 saturated carbocycles. The SMILES string of the molecule is CP(C)(C)(Cc1ccccc1)OS(=O)(=O)C(F)(F)F. The molecule has 110 valence electrons. The predicted molar refractivity (Wildman–Crippen MR) is 70.9 cm³/mol. The number of alkyl halides is 3. The van der Waals surface area contributed by atoms with Gasteiger partial charge >= 0.3 is 110 Å². The van der Waals surface area contributed by atoms with Crippen LogP contribution in [0.25, 0.3) is 0 Å². The average Bonchev–Trinajstić information content (AvgIpc) is 2.12. The Morgan fingerprint density at radius 3 is 2.00 bits per heavy atom. The fourth-order valence-electron chi connectivity index (χ4n) is 1.64. The summed E-state index contributed by atoms with van der Waals surface area (Å²) in [6, 6.07) is 8.69. The summed E-state index contributed by atoms with van der Waals surface area (Å²) in [7, 11) is -5.58. The van der Waals surface area contributed by atoms with Gasteiger partial charge < -0.3 is 0 Å². The van der Waals surface area contributed by atoms with E-state index in [-0.39, 0.29) is 6.16 Å². The summed E-state index contributed by atoms with van der Waals surface area (Å²) in [4.78, 5) is 0. The first-order valence-corrected chi connectivity index (χ1v) is 10.5. The van der Waals surface area contributed by atoms with E-state index < -0.39 is 22.5 Å². The standard InChI is InChI=1S/C11H16F3O3PS/c1-18(2,3,9-10-7-5-4-6-8-10)17-19(15,16)11(12,13)14/h4-8H,9H2,1-3H3. The molecule has 0 fully saturated rings. The molecular weight excluding hydrogens is 300 g/mol. The van der Waals surface area contributed by atoms with Gasteiger partial charge in [0, 0.05) is 0 Å². The molecule has 0 heterocycles. The van der Waals surface area contributed by atoms with Crippen LogP contribution in [0.5, 0.6) is 0 Å². The Morgan fingerprint density at radius 1 is 1.11 bits per heavy atom. The molecule has 1 aromatic rings. The quantitative estimate of drug-likeness (QED) is 0.631. The Hall–Kier alpha value is -0.650. The van der Waals surface area contributed by atoms with E-state index in [4.69, 9.17) is 0 Å². The number of hydrogen-bond acceptors (Lipinski definition) is 3. The van der Waals surface area contributed by atoms with Crippen molar-refractivity contribution in [2.75, 3.05) is 20.0 Å². The zero-order valence-electron chi connectivity index (χ0n) is 10.8. The summed E-state index contributed by atoms with van der Waals surface area (Å²) in [5.41, 5.74) is -4.65. The Bertz CT molecular complexity index is 544. The first kappa shape index (κ1) is 16.4. The second kappa shape index (κ2) is 4.72. The summed E-state index contributed by atoms with van der Waals surface area (Å²) < 4.78 is 64.0. The molecule has 0 aliphatic carbocycles. The van der Waals surface area contributed by atoms with Gasteiger partial charge in [0.2, 0.25) is 0 Å². The third-order valence-corrected chi connectivity index (χ3v) is 7.23. The van der Waals surface area contributed by atoms with E-state index >= 15 is 0 Å². The minimum atomic E-state index is -5.58. The number of rotatable bonds is 4. The van der Waals surface area contributed by atoms with Crippen LogP contribution in [0.15, 0.2) is 30.3 Å². The van der Waals surface area contributed by atoms with Crippen molar-refractivity contribution in [2.24, 2.45) is 0 Å². The van der Waals surface area contributed by atoms with Crippen molar-refractivity contribution >= 4 is 16.9 Å². The van der Waals surface area contributed by atoms with Crippen LogP contribution in [-0.4, -0.2) is 33.9 Å². The molecule has 0 spiro atoms. The Kier molecular flexibility index (Phi) is 4.07. The third kappa shape index (κ3) is 4.75. The van der Waals surface area contributed by atoms with E-state index in [0.29, 0.717) is 0 Å². The van der Waals surface area contributed by atoms with Gasteiger partial charge in [-0.25, -0.2) is 0 Å².